The predicted molar refractivity (Wildman–Crippen MR) is 101 cm³/mol. The first-order chi connectivity index (χ1) is 13.3. The Hall–Kier alpha value is -2.12. The molecule has 0 aliphatic carbocycles. The fourth-order valence-corrected chi connectivity index (χ4v) is 4.81. The van der Waals surface area contributed by atoms with Gasteiger partial charge in [0.2, 0.25) is 0 Å². The summed E-state index contributed by atoms with van der Waals surface area (Å²) in [6.07, 6.45) is 3.82. The highest BCUT2D eigenvalue weighted by atomic mass is 19.1. The average molecular weight is 389 g/mol. The molecule has 0 saturated carbocycles. The molecule has 2 aromatic rings. The summed E-state index contributed by atoms with van der Waals surface area (Å²) < 4.78 is 29.0. The van der Waals surface area contributed by atoms with Crippen molar-refractivity contribution in [3.63, 3.8) is 0 Å². The standard InChI is InChI=1S/C21H25F2N3O2/c1-14-5-8-20(27)26(24-14)13-21(28)10-17-3-2-4-18(11-21)25(17)12-15-9-16(22)6-7-19(15)23/h5-9,17-18,28H,2-4,10-13H2,1H3. The van der Waals surface area contributed by atoms with Crippen molar-refractivity contribution < 1.29 is 13.9 Å². The molecule has 1 aromatic heterocycles. The van der Waals surface area contributed by atoms with E-state index in [-0.39, 0.29) is 24.2 Å². The van der Waals surface area contributed by atoms with E-state index >= 15 is 0 Å². The molecule has 2 aliphatic heterocycles. The first-order valence-corrected chi connectivity index (χ1v) is 9.80. The van der Waals surface area contributed by atoms with Crippen molar-refractivity contribution in [2.75, 3.05) is 0 Å². The molecule has 2 atom stereocenters. The van der Waals surface area contributed by atoms with Gasteiger partial charge >= 0.3 is 0 Å². The van der Waals surface area contributed by atoms with Crippen LogP contribution < -0.4 is 5.56 Å². The second-order valence-electron chi connectivity index (χ2n) is 8.25. The van der Waals surface area contributed by atoms with Gasteiger partial charge in [-0.15, -0.1) is 0 Å². The Kier molecular flexibility index (Phi) is 5.05. The summed E-state index contributed by atoms with van der Waals surface area (Å²) in [7, 11) is 0. The third-order valence-corrected chi connectivity index (χ3v) is 6.05. The van der Waals surface area contributed by atoms with Gasteiger partial charge in [0.1, 0.15) is 11.6 Å². The summed E-state index contributed by atoms with van der Waals surface area (Å²) in [6, 6.07) is 6.81. The van der Waals surface area contributed by atoms with Crippen molar-refractivity contribution >= 4 is 0 Å². The van der Waals surface area contributed by atoms with Crippen LogP contribution in [0.2, 0.25) is 0 Å². The van der Waals surface area contributed by atoms with E-state index in [1.54, 1.807) is 6.07 Å². The number of hydrogen-bond acceptors (Lipinski definition) is 4. The molecule has 0 amide bonds. The first-order valence-electron chi connectivity index (χ1n) is 9.80. The van der Waals surface area contributed by atoms with Crippen molar-refractivity contribution in [3.8, 4) is 0 Å². The molecule has 0 radical (unpaired) electrons. The summed E-state index contributed by atoms with van der Waals surface area (Å²) in [5.41, 5.74) is -0.188. The lowest BCUT2D eigenvalue weighted by Gasteiger charge is -2.52. The number of rotatable bonds is 4. The van der Waals surface area contributed by atoms with E-state index in [1.165, 1.54) is 16.8 Å². The molecule has 0 spiro atoms. The molecule has 1 N–H and O–H groups in total. The van der Waals surface area contributed by atoms with Gasteiger partial charge in [0.05, 0.1) is 17.8 Å². The smallest absolute Gasteiger partial charge is 0.266 e. The summed E-state index contributed by atoms with van der Waals surface area (Å²) in [5.74, 6) is -0.851. The highest BCUT2D eigenvalue weighted by Crippen LogP contribution is 2.40. The van der Waals surface area contributed by atoms with Crippen molar-refractivity contribution in [3.05, 3.63) is 63.6 Å². The van der Waals surface area contributed by atoms with E-state index in [2.05, 4.69) is 10.00 Å². The van der Waals surface area contributed by atoms with Gasteiger partial charge < -0.3 is 5.11 Å². The molecule has 5 nitrogen and oxygen atoms in total. The fourth-order valence-electron chi connectivity index (χ4n) is 4.81. The van der Waals surface area contributed by atoms with E-state index < -0.39 is 17.2 Å². The number of halogens is 2. The van der Waals surface area contributed by atoms with Crippen molar-refractivity contribution in [2.45, 2.75) is 69.8 Å². The maximum Gasteiger partial charge on any atom is 0.266 e. The summed E-state index contributed by atoms with van der Waals surface area (Å²) in [5, 5.41) is 15.5. The van der Waals surface area contributed by atoms with E-state index in [0.29, 0.717) is 24.9 Å². The normalized spacial score (nSPS) is 27.7. The largest absolute Gasteiger partial charge is 0.388 e. The van der Waals surface area contributed by atoms with Crippen molar-refractivity contribution in [1.29, 1.82) is 0 Å². The van der Waals surface area contributed by atoms with Crippen LogP contribution in [0, 0.1) is 18.6 Å². The van der Waals surface area contributed by atoms with E-state index in [4.69, 9.17) is 0 Å². The van der Waals surface area contributed by atoms with Gasteiger partial charge in [-0.2, -0.15) is 5.10 Å². The molecule has 2 aliphatic rings. The SMILES string of the molecule is Cc1ccc(=O)n(CC2(O)CC3CCCC(C2)N3Cc2cc(F)ccc2F)n1. The number of benzene rings is 1. The van der Waals surface area contributed by atoms with Crippen LogP contribution in [-0.4, -0.2) is 37.5 Å². The molecule has 150 valence electrons. The van der Waals surface area contributed by atoms with Gasteiger partial charge in [-0.3, -0.25) is 9.69 Å². The number of aliphatic hydroxyl groups is 1. The zero-order valence-corrected chi connectivity index (χ0v) is 15.9. The monoisotopic (exact) mass is 389 g/mol. The maximum atomic E-state index is 14.1. The fraction of sp³-hybridized carbons (Fsp3) is 0.524. The molecular weight excluding hydrogens is 364 g/mol. The van der Waals surface area contributed by atoms with Crippen LogP contribution in [0.25, 0.3) is 0 Å². The lowest BCUT2D eigenvalue weighted by atomic mass is 9.75. The second kappa shape index (κ2) is 7.37. The van der Waals surface area contributed by atoms with E-state index in [1.807, 2.05) is 6.92 Å². The number of nitrogens with zero attached hydrogens (tertiary/aromatic N) is 3. The topological polar surface area (TPSA) is 58.4 Å². The maximum absolute atomic E-state index is 14.1. The van der Waals surface area contributed by atoms with Crippen molar-refractivity contribution in [2.24, 2.45) is 0 Å². The Morgan fingerprint density at radius 2 is 1.89 bits per heavy atom. The van der Waals surface area contributed by atoms with Crippen LogP contribution in [0.1, 0.15) is 43.4 Å². The predicted octanol–water partition coefficient (Wildman–Crippen LogP) is 2.78. The Morgan fingerprint density at radius 1 is 1.18 bits per heavy atom. The van der Waals surface area contributed by atoms with Crippen LogP contribution in [0.3, 0.4) is 0 Å². The van der Waals surface area contributed by atoms with Gasteiger partial charge in [-0.1, -0.05) is 6.42 Å². The quantitative estimate of drug-likeness (QED) is 0.874. The van der Waals surface area contributed by atoms with Crippen LogP contribution in [0.5, 0.6) is 0 Å². The number of aryl methyl sites for hydroxylation is 1. The molecule has 2 fully saturated rings. The highest BCUT2D eigenvalue weighted by Gasteiger charge is 2.46. The van der Waals surface area contributed by atoms with Gasteiger partial charge in [0.25, 0.3) is 5.56 Å². The Balaban J connectivity index is 1.55. The van der Waals surface area contributed by atoms with Crippen molar-refractivity contribution in [1.82, 2.24) is 14.7 Å². The average Bonchev–Trinajstić information content (AvgIpc) is 2.62. The third kappa shape index (κ3) is 3.86. The van der Waals surface area contributed by atoms with Gasteiger partial charge in [0.15, 0.2) is 0 Å². The molecule has 4 rings (SSSR count). The minimum atomic E-state index is -1.03. The molecular formula is C21H25F2N3O2. The summed E-state index contributed by atoms with van der Waals surface area (Å²) in [6.45, 7) is 2.30. The molecule has 2 saturated heterocycles. The number of piperidine rings is 2. The van der Waals surface area contributed by atoms with Gasteiger partial charge in [0, 0.05) is 30.3 Å². The minimum absolute atomic E-state index is 0.0701. The lowest BCUT2D eigenvalue weighted by Crippen LogP contribution is -2.59. The van der Waals surface area contributed by atoms with E-state index in [9.17, 15) is 18.7 Å². The number of fused-ring (bicyclic) bond motifs is 2. The summed E-state index contributed by atoms with van der Waals surface area (Å²) in [4.78, 5) is 14.3. The van der Waals surface area contributed by atoms with Crippen LogP contribution in [0.4, 0.5) is 8.78 Å². The lowest BCUT2D eigenvalue weighted by molar-refractivity contribution is -0.105. The zero-order valence-electron chi connectivity index (χ0n) is 15.9. The first kappa shape index (κ1) is 19.2. The molecule has 2 bridgehead atoms. The Morgan fingerprint density at radius 3 is 2.61 bits per heavy atom. The number of hydrogen-bond donors (Lipinski definition) is 1. The summed E-state index contributed by atoms with van der Waals surface area (Å²) >= 11 is 0. The van der Waals surface area contributed by atoms with Crippen LogP contribution >= 0.6 is 0 Å². The molecule has 7 heteroatoms. The second-order valence-corrected chi connectivity index (χ2v) is 8.25. The molecule has 3 heterocycles. The van der Waals surface area contributed by atoms with Gasteiger partial charge in [-0.25, -0.2) is 13.5 Å². The Bertz CT molecular complexity index is 916. The van der Waals surface area contributed by atoms with Crippen LogP contribution in [-0.2, 0) is 13.1 Å². The highest BCUT2D eigenvalue weighted by molar-refractivity contribution is 5.19. The third-order valence-electron chi connectivity index (χ3n) is 6.05. The van der Waals surface area contributed by atoms with Crippen LogP contribution in [0.15, 0.2) is 35.1 Å². The van der Waals surface area contributed by atoms with E-state index in [0.717, 1.165) is 37.1 Å². The minimum Gasteiger partial charge on any atom is -0.388 e. The molecule has 2 unspecified atom stereocenters. The molecule has 28 heavy (non-hydrogen) atoms. The zero-order chi connectivity index (χ0) is 19.9. The number of aromatic nitrogens is 2. The molecule has 1 aromatic carbocycles. The Labute approximate surface area is 162 Å². The van der Waals surface area contributed by atoms with Gasteiger partial charge in [-0.05, 0) is 56.9 Å².